The van der Waals surface area contributed by atoms with E-state index in [-0.39, 0.29) is 16.3 Å². The summed E-state index contributed by atoms with van der Waals surface area (Å²) in [5, 5.41) is 4.27. The van der Waals surface area contributed by atoms with E-state index < -0.39 is 22.5 Å². The Morgan fingerprint density at radius 1 is 0.846 bits per heavy atom. The van der Waals surface area contributed by atoms with Crippen molar-refractivity contribution < 1.29 is 32.2 Å². The Morgan fingerprint density at radius 3 is 2.10 bits per heavy atom. The molecule has 3 aromatic carbocycles. The fraction of sp³-hybridized carbons (Fsp3) is 0.286. The Kier molecular flexibility index (Phi) is 9.78. The number of nitrogens with zero attached hydrogens (tertiary/aromatic N) is 2. The van der Waals surface area contributed by atoms with Crippen LogP contribution in [0.5, 0.6) is 23.0 Å². The maximum absolute atomic E-state index is 13.7. The monoisotopic (exact) mass is 555 g/mol. The molecular formula is C28H33N3O7S. The van der Waals surface area contributed by atoms with Crippen LogP contribution in [0.4, 0.5) is 5.69 Å². The van der Waals surface area contributed by atoms with Gasteiger partial charge in [0.1, 0.15) is 18.0 Å². The Balaban J connectivity index is 1.97. The SMILES string of the molecule is CC/C(=N/NC(=O)CN(c1ccc(OC)cc1OC)S(=O)(=O)c1ccc(C)cc1)c1ccc(OC)c(OC)c1. The highest BCUT2D eigenvalue weighted by atomic mass is 32.2. The zero-order chi connectivity index (χ0) is 28.6. The normalized spacial score (nSPS) is 11.5. The summed E-state index contributed by atoms with van der Waals surface area (Å²) in [6.07, 6.45) is 0.493. The Morgan fingerprint density at radius 2 is 1.51 bits per heavy atom. The quantitative estimate of drug-likeness (QED) is 0.264. The number of nitrogens with one attached hydrogen (secondary N) is 1. The van der Waals surface area contributed by atoms with E-state index in [4.69, 9.17) is 18.9 Å². The van der Waals surface area contributed by atoms with Crippen molar-refractivity contribution in [1.82, 2.24) is 5.43 Å². The van der Waals surface area contributed by atoms with Gasteiger partial charge in [-0.2, -0.15) is 5.10 Å². The highest BCUT2D eigenvalue weighted by Crippen LogP contribution is 2.35. The maximum atomic E-state index is 13.7. The third-order valence-corrected chi connectivity index (χ3v) is 7.69. The molecule has 0 aliphatic carbocycles. The fourth-order valence-electron chi connectivity index (χ4n) is 3.79. The number of amides is 1. The van der Waals surface area contributed by atoms with Crippen molar-refractivity contribution in [2.75, 3.05) is 39.3 Å². The molecule has 0 atom stereocenters. The van der Waals surface area contributed by atoms with Gasteiger partial charge in [0.15, 0.2) is 11.5 Å². The molecule has 0 aliphatic heterocycles. The van der Waals surface area contributed by atoms with Crippen molar-refractivity contribution in [3.63, 3.8) is 0 Å². The van der Waals surface area contributed by atoms with Gasteiger partial charge >= 0.3 is 0 Å². The number of sulfonamides is 1. The van der Waals surface area contributed by atoms with E-state index in [2.05, 4.69) is 10.5 Å². The Bertz CT molecular complexity index is 1440. The number of hydrogen-bond donors (Lipinski definition) is 1. The van der Waals surface area contributed by atoms with Crippen LogP contribution < -0.4 is 28.7 Å². The molecule has 0 saturated carbocycles. The molecule has 11 heteroatoms. The van der Waals surface area contributed by atoms with E-state index in [1.807, 2.05) is 13.8 Å². The molecule has 0 saturated heterocycles. The number of benzene rings is 3. The summed E-state index contributed by atoms with van der Waals surface area (Å²) in [5.41, 5.74) is 4.86. The predicted octanol–water partition coefficient (Wildman–Crippen LogP) is 4.16. The van der Waals surface area contributed by atoms with Gasteiger partial charge in [-0.15, -0.1) is 0 Å². The molecule has 0 heterocycles. The van der Waals surface area contributed by atoms with E-state index >= 15 is 0 Å². The van der Waals surface area contributed by atoms with Crippen molar-refractivity contribution in [3.05, 3.63) is 71.8 Å². The van der Waals surface area contributed by atoms with Gasteiger partial charge in [0, 0.05) is 11.6 Å². The first-order valence-corrected chi connectivity index (χ1v) is 13.5. The van der Waals surface area contributed by atoms with Gasteiger partial charge in [0.2, 0.25) is 0 Å². The van der Waals surface area contributed by atoms with Crippen molar-refractivity contribution in [3.8, 4) is 23.0 Å². The van der Waals surface area contributed by atoms with Crippen LogP contribution in [0.25, 0.3) is 0 Å². The second-order valence-electron chi connectivity index (χ2n) is 8.38. The van der Waals surface area contributed by atoms with Crippen molar-refractivity contribution in [1.29, 1.82) is 0 Å². The zero-order valence-corrected chi connectivity index (χ0v) is 23.7. The average molecular weight is 556 g/mol. The molecule has 208 valence electrons. The van der Waals surface area contributed by atoms with Crippen molar-refractivity contribution in [2.45, 2.75) is 25.2 Å². The lowest BCUT2D eigenvalue weighted by Gasteiger charge is -2.25. The fourth-order valence-corrected chi connectivity index (χ4v) is 5.22. The van der Waals surface area contributed by atoms with Gasteiger partial charge in [0.05, 0.1) is 44.7 Å². The van der Waals surface area contributed by atoms with Crippen LogP contribution in [0, 0.1) is 6.92 Å². The standard InChI is InChI=1S/C28H33N3O7S/c1-7-23(20-10-15-25(36-4)27(16-20)38-6)29-30-28(32)18-31(24-14-11-21(35-3)17-26(24)37-5)39(33,34)22-12-8-19(2)9-13-22/h8-17H,7,18H2,1-6H3,(H,30,32)/b29-23-. The minimum atomic E-state index is -4.16. The number of anilines is 1. The van der Waals surface area contributed by atoms with Gasteiger partial charge < -0.3 is 18.9 Å². The second kappa shape index (κ2) is 13.0. The van der Waals surface area contributed by atoms with E-state index in [1.54, 1.807) is 49.6 Å². The molecule has 0 spiro atoms. The van der Waals surface area contributed by atoms with Crippen LogP contribution in [0.2, 0.25) is 0 Å². The van der Waals surface area contributed by atoms with Crippen LogP contribution >= 0.6 is 0 Å². The average Bonchev–Trinajstić information content (AvgIpc) is 2.95. The maximum Gasteiger partial charge on any atom is 0.264 e. The summed E-state index contributed by atoms with van der Waals surface area (Å²) in [5.74, 6) is 1.13. The number of rotatable bonds is 12. The predicted molar refractivity (Wildman–Crippen MR) is 150 cm³/mol. The first-order valence-electron chi connectivity index (χ1n) is 12.1. The Hall–Kier alpha value is -4.25. The van der Waals surface area contributed by atoms with Gasteiger partial charge in [-0.3, -0.25) is 9.10 Å². The van der Waals surface area contributed by atoms with E-state index in [9.17, 15) is 13.2 Å². The lowest BCUT2D eigenvalue weighted by atomic mass is 10.1. The minimum Gasteiger partial charge on any atom is -0.497 e. The molecule has 0 fully saturated rings. The molecule has 1 N–H and O–H groups in total. The topological polar surface area (TPSA) is 116 Å². The number of ether oxygens (including phenoxy) is 4. The molecule has 1 amide bonds. The van der Waals surface area contributed by atoms with Gasteiger partial charge in [-0.1, -0.05) is 24.6 Å². The summed E-state index contributed by atoms with van der Waals surface area (Å²) in [6.45, 7) is 3.19. The summed E-state index contributed by atoms with van der Waals surface area (Å²) < 4.78 is 49.8. The smallest absolute Gasteiger partial charge is 0.264 e. The number of carbonyl (C=O) groups excluding carboxylic acids is 1. The molecule has 0 aliphatic rings. The highest BCUT2D eigenvalue weighted by Gasteiger charge is 2.30. The van der Waals surface area contributed by atoms with Gasteiger partial charge in [-0.05, 0) is 55.8 Å². The lowest BCUT2D eigenvalue weighted by Crippen LogP contribution is -2.40. The van der Waals surface area contributed by atoms with E-state index in [1.165, 1.54) is 39.5 Å². The molecule has 10 nitrogen and oxygen atoms in total. The molecule has 0 aromatic heterocycles. The van der Waals surface area contributed by atoms with Crippen LogP contribution in [-0.2, 0) is 14.8 Å². The Labute approximate surface area is 229 Å². The largest absolute Gasteiger partial charge is 0.497 e. The van der Waals surface area contributed by atoms with Gasteiger partial charge in [0.25, 0.3) is 15.9 Å². The van der Waals surface area contributed by atoms with Crippen molar-refractivity contribution >= 4 is 27.3 Å². The van der Waals surface area contributed by atoms with Gasteiger partial charge in [-0.25, -0.2) is 13.8 Å². The highest BCUT2D eigenvalue weighted by molar-refractivity contribution is 7.92. The summed E-state index contributed by atoms with van der Waals surface area (Å²) >= 11 is 0. The second-order valence-corrected chi connectivity index (χ2v) is 10.2. The van der Waals surface area contributed by atoms with Crippen LogP contribution in [-0.4, -0.2) is 55.0 Å². The lowest BCUT2D eigenvalue weighted by molar-refractivity contribution is -0.119. The molecule has 0 bridgehead atoms. The van der Waals surface area contributed by atoms with Crippen LogP contribution in [0.3, 0.4) is 0 Å². The molecule has 3 rings (SSSR count). The third kappa shape index (κ3) is 6.80. The molecule has 39 heavy (non-hydrogen) atoms. The zero-order valence-electron chi connectivity index (χ0n) is 22.8. The number of carbonyl (C=O) groups is 1. The molecule has 0 radical (unpaired) electrons. The van der Waals surface area contributed by atoms with Crippen LogP contribution in [0.1, 0.15) is 24.5 Å². The number of hydrogen-bond acceptors (Lipinski definition) is 8. The summed E-state index contributed by atoms with van der Waals surface area (Å²) in [7, 11) is 1.82. The number of hydrazone groups is 1. The first-order chi connectivity index (χ1) is 18.7. The van der Waals surface area contributed by atoms with Crippen LogP contribution in [0.15, 0.2) is 70.7 Å². The first kappa shape index (κ1) is 29.3. The third-order valence-electron chi connectivity index (χ3n) is 5.92. The minimum absolute atomic E-state index is 0.0295. The van der Waals surface area contributed by atoms with Crippen molar-refractivity contribution in [2.24, 2.45) is 5.10 Å². The number of methoxy groups -OCH3 is 4. The van der Waals surface area contributed by atoms with E-state index in [0.717, 1.165) is 15.4 Å². The molecule has 3 aromatic rings. The van der Waals surface area contributed by atoms with E-state index in [0.29, 0.717) is 29.4 Å². The molecule has 0 unspecified atom stereocenters. The molecular weight excluding hydrogens is 522 g/mol. The summed E-state index contributed by atoms with van der Waals surface area (Å²) in [6, 6.07) is 16.3. The summed E-state index contributed by atoms with van der Waals surface area (Å²) in [4.78, 5) is 13.2. The number of aryl methyl sites for hydroxylation is 1.